The Morgan fingerprint density at radius 3 is 2.50 bits per heavy atom. The average Bonchev–Trinajstić information content (AvgIpc) is 3.28. The third-order valence-electron chi connectivity index (χ3n) is 5.01. The summed E-state index contributed by atoms with van der Waals surface area (Å²) in [5, 5.41) is 11.0. The minimum absolute atomic E-state index is 0.179. The third kappa shape index (κ3) is 3.99. The van der Waals surface area contributed by atoms with E-state index >= 15 is 0 Å². The van der Waals surface area contributed by atoms with Crippen molar-refractivity contribution in [1.29, 1.82) is 0 Å². The van der Waals surface area contributed by atoms with Crippen LogP contribution in [0.1, 0.15) is 18.5 Å². The first-order chi connectivity index (χ1) is 14.4. The van der Waals surface area contributed by atoms with Crippen LogP contribution >= 0.6 is 28.1 Å². The van der Waals surface area contributed by atoms with E-state index in [-0.39, 0.29) is 11.9 Å². The lowest BCUT2D eigenvalue weighted by molar-refractivity contribution is -0.113. The smallest absolute Gasteiger partial charge is 0.255 e. The highest BCUT2D eigenvalue weighted by Crippen LogP contribution is 2.31. The van der Waals surface area contributed by atoms with E-state index in [1.54, 1.807) is 11.0 Å². The predicted molar refractivity (Wildman–Crippen MR) is 123 cm³/mol. The molecule has 30 heavy (non-hydrogen) atoms. The quantitative estimate of drug-likeness (QED) is 0.550. The molecule has 1 aliphatic rings. The Balaban J connectivity index is 1.67. The number of anilines is 1. The molecule has 0 saturated heterocycles. The van der Waals surface area contributed by atoms with Gasteiger partial charge < -0.3 is 15.5 Å². The number of thiocarbonyl (C=S) groups is 1. The van der Waals surface area contributed by atoms with Crippen LogP contribution in [0.2, 0.25) is 0 Å². The molecule has 1 aliphatic heterocycles. The van der Waals surface area contributed by atoms with Gasteiger partial charge in [-0.1, -0.05) is 28.1 Å². The number of carbonyl (C=O) groups excluding carboxylic acids is 1. The van der Waals surface area contributed by atoms with Crippen molar-refractivity contribution in [3.8, 4) is 5.69 Å². The highest BCUT2D eigenvalue weighted by molar-refractivity contribution is 9.10. The van der Waals surface area contributed by atoms with Crippen LogP contribution in [0.15, 0.2) is 76.9 Å². The van der Waals surface area contributed by atoms with E-state index in [4.69, 9.17) is 12.2 Å². The van der Waals surface area contributed by atoms with Crippen molar-refractivity contribution in [2.45, 2.75) is 13.0 Å². The molecule has 3 aromatic rings. The highest BCUT2D eigenvalue weighted by atomic mass is 79.9. The Morgan fingerprint density at radius 1 is 1.17 bits per heavy atom. The van der Waals surface area contributed by atoms with Crippen LogP contribution in [0.3, 0.4) is 0 Å². The molecule has 2 aromatic carbocycles. The van der Waals surface area contributed by atoms with Crippen LogP contribution in [0.4, 0.5) is 5.69 Å². The molecule has 7 nitrogen and oxygen atoms in total. The number of allylic oxidation sites excluding steroid dienone is 1. The molecule has 0 radical (unpaired) electrons. The van der Waals surface area contributed by atoms with Crippen LogP contribution < -0.4 is 10.6 Å². The van der Waals surface area contributed by atoms with Crippen LogP contribution in [0, 0.1) is 0 Å². The summed E-state index contributed by atoms with van der Waals surface area (Å²) in [5.74, 6) is -0.179. The maximum absolute atomic E-state index is 13.2. The maximum Gasteiger partial charge on any atom is 0.255 e. The SMILES string of the molecule is CC1=C(C(=O)Nc2ccc(Br)cc2)[C@H](c2ccc(-n3cncn3)cc2)NC(=S)N1C. The van der Waals surface area contributed by atoms with Crippen molar-refractivity contribution in [2.24, 2.45) is 0 Å². The number of rotatable bonds is 4. The number of hydrogen-bond acceptors (Lipinski definition) is 4. The lowest BCUT2D eigenvalue weighted by Gasteiger charge is -2.35. The van der Waals surface area contributed by atoms with Crippen molar-refractivity contribution in [3.05, 3.63) is 82.5 Å². The number of hydrogen-bond donors (Lipinski definition) is 2. The number of nitrogens with one attached hydrogen (secondary N) is 2. The topological polar surface area (TPSA) is 75.1 Å². The van der Waals surface area contributed by atoms with Crippen LogP contribution in [0.25, 0.3) is 5.69 Å². The van der Waals surface area contributed by atoms with E-state index < -0.39 is 0 Å². The van der Waals surface area contributed by atoms with E-state index in [9.17, 15) is 4.79 Å². The van der Waals surface area contributed by atoms with Gasteiger partial charge in [-0.05, 0) is 61.1 Å². The third-order valence-corrected chi connectivity index (χ3v) is 5.93. The molecular formula is C21H19BrN6OS. The van der Waals surface area contributed by atoms with Gasteiger partial charge in [-0.25, -0.2) is 9.67 Å². The number of amides is 1. The zero-order valence-corrected chi connectivity index (χ0v) is 18.7. The van der Waals surface area contributed by atoms with Gasteiger partial charge in [0.15, 0.2) is 5.11 Å². The van der Waals surface area contributed by atoms with Crippen LogP contribution in [0.5, 0.6) is 0 Å². The molecule has 2 N–H and O–H groups in total. The lowest BCUT2D eigenvalue weighted by atomic mass is 9.94. The Kier molecular flexibility index (Phi) is 5.65. The van der Waals surface area contributed by atoms with Gasteiger partial charge >= 0.3 is 0 Å². The summed E-state index contributed by atoms with van der Waals surface area (Å²) < 4.78 is 2.63. The summed E-state index contributed by atoms with van der Waals surface area (Å²) in [6, 6.07) is 14.9. The molecule has 1 atom stereocenters. The maximum atomic E-state index is 13.2. The number of nitrogens with zero attached hydrogens (tertiary/aromatic N) is 4. The lowest BCUT2D eigenvalue weighted by Crippen LogP contribution is -2.46. The zero-order valence-electron chi connectivity index (χ0n) is 16.3. The fraction of sp³-hybridized carbons (Fsp3) is 0.143. The van der Waals surface area contributed by atoms with E-state index in [1.165, 1.54) is 6.33 Å². The Labute approximate surface area is 187 Å². The van der Waals surface area contributed by atoms with Gasteiger partial charge in [0.05, 0.1) is 17.3 Å². The zero-order chi connectivity index (χ0) is 21.3. The Hall–Kier alpha value is -3.04. The molecule has 0 fully saturated rings. The monoisotopic (exact) mass is 482 g/mol. The van der Waals surface area contributed by atoms with Gasteiger partial charge in [0.25, 0.3) is 5.91 Å². The molecule has 0 spiro atoms. The molecule has 4 rings (SSSR count). The molecule has 9 heteroatoms. The molecule has 0 aliphatic carbocycles. The fourth-order valence-corrected chi connectivity index (χ4v) is 3.79. The first-order valence-electron chi connectivity index (χ1n) is 9.21. The average molecular weight is 483 g/mol. The number of carbonyl (C=O) groups is 1. The minimum Gasteiger partial charge on any atom is -0.351 e. The Morgan fingerprint density at radius 2 is 1.87 bits per heavy atom. The van der Waals surface area contributed by atoms with E-state index in [0.717, 1.165) is 27.1 Å². The summed E-state index contributed by atoms with van der Waals surface area (Å²) in [5.41, 5.74) is 3.95. The van der Waals surface area contributed by atoms with Gasteiger partial charge in [-0.15, -0.1) is 0 Å². The standard InChI is InChI=1S/C21H19BrN6OS/c1-13-18(20(29)25-16-7-5-15(22)6-8-16)19(26-21(30)27(13)2)14-3-9-17(10-4-14)28-12-23-11-24-28/h3-12,19H,1-2H3,(H,25,29)(H,26,30)/t19-/m0/s1. The molecular weight excluding hydrogens is 464 g/mol. The van der Waals surface area contributed by atoms with Crippen LogP contribution in [-0.4, -0.2) is 37.7 Å². The molecule has 0 unspecified atom stereocenters. The van der Waals surface area contributed by atoms with Gasteiger partial charge in [-0.3, -0.25) is 4.79 Å². The van der Waals surface area contributed by atoms with Crippen molar-refractivity contribution >= 4 is 44.9 Å². The fourth-order valence-electron chi connectivity index (χ4n) is 3.27. The molecule has 2 heterocycles. The van der Waals surface area contributed by atoms with E-state index in [1.807, 2.05) is 67.4 Å². The summed E-state index contributed by atoms with van der Waals surface area (Å²) >= 11 is 8.89. The second kappa shape index (κ2) is 8.37. The summed E-state index contributed by atoms with van der Waals surface area (Å²) in [6.45, 7) is 1.90. The van der Waals surface area contributed by atoms with Gasteiger partial charge in [0, 0.05) is 22.9 Å². The number of aromatic nitrogens is 3. The van der Waals surface area contributed by atoms with E-state index in [0.29, 0.717) is 10.7 Å². The van der Waals surface area contributed by atoms with Gasteiger partial charge in [-0.2, -0.15) is 5.10 Å². The van der Waals surface area contributed by atoms with Crippen molar-refractivity contribution in [3.63, 3.8) is 0 Å². The van der Waals surface area contributed by atoms with Gasteiger partial charge in [0.1, 0.15) is 12.7 Å². The minimum atomic E-state index is -0.367. The number of benzene rings is 2. The highest BCUT2D eigenvalue weighted by Gasteiger charge is 2.32. The first-order valence-corrected chi connectivity index (χ1v) is 10.4. The first kappa shape index (κ1) is 20.2. The van der Waals surface area contributed by atoms with Crippen molar-refractivity contribution in [1.82, 2.24) is 25.0 Å². The summed E-state index contributed by atoms with van der Waals surface area (Å²) in [7, 11) is 1.85. The number of halogens is 1. The van der Waals surface area contributed by atoms with Crippen LogP contribution in [-0.2, 0) is 4.79 Å². The molecule has 1 aromatic heterocycles. The molecule has 0 bridgehead atoms. The van der Waals surface area contributed by atoms with Gasteiger partial charge in [0.2, 0.25) is 0 Å². The molecule has 1 amide bonds. The second-order valence-electron chi connectivity index (χ2n) is 6.83. The second-order valence-corrected chi connectivity index (χ2v) is 8.14. The molecule has 152 valence electrons. The van der Waals surface area contributed by atoms with E-state index in [2.05, 4.69) is 36.6 Å². The largest absolute Gasteiger partial charge is 0.351 e. The Bertz CT molecular complexity index is 1110. The predicted octanol–water partition coefficient (Wildman–Crippen LogP) is 3.80. The van der Waals surface area contributed by atoms with Crippen molar-refractivity contribution < 1.29 is 4.79 Å². The summed E-state index contributed by atoms with van der Waals surface area (Å²) in [6.07, 6.45) is 3.13. The normalized spacial score (nSPS) is 16.4. The molecule has 0 saturated carbocycles. The summed E-state index contributed by atoms with van der Waals surface area (Å²) in [4.78, 5) is 19.0. The van der Waals surface area contributed by atoms with Crippen molar-refractivity contribution in [2.75, 3.05) is 12.4 Å².